The van der Waals surface area contributed by atoms with E-state index in [9.17, 15) is 13.2 Å². The van der Waals surface area contributed by atoms with E-state index in [4.69, 9.17) is 0 Å². The van der Waals surface area contributed by atoms with Crippen LogP contribution < -0.4 is 10.0 Å². The van der Waals surface area contributed by atoms with E-state index in [1.807, 2.05) is 19.1 Å². The summed E-state index contributed by atoms with van der Waals surface area (Å²) < 4.78 is 27.7. The summed E-state index contributed by atoms with van der Waals surface area (Å²) in [4.78, 5) is 13.0. The highest BCUT2D eigenvalue weighted by molar-refractivity contribution is 7.92. The molecule has 6 heteroatoms. The standard InChI is InChI=1S/C26H30N2O3S/c1-18-17-21(13-16-24(18)28-32(30,31)23-9-7-6-8-10-23)25(29)27-19(2)20-11-14-22(15-12-20)26(3,4)5/h6-17,19,28H,1-5H3,(H,27,29)/t19-/m0/s1. The first kappa shape index (κ1) is 23.5. The molecular formula is C26H30N2O3S. The Labute approximate surface area is 190 Å². The highest BCUT2D eigenvalue weighted by Gasteiger charge is 2.18. The van der Waals surface area contributed by atoms with E-state index in [1.165, 1.54) is 17.7 Å². The van der Waals surface area contributed by atoms with Gasteiger partial charge in [-0.05, 0) is 66.3 Å². The predicted molar refractivity (Wildman–Crippen MR) is 129 cm³/mol. The van der Waals surface area contributed by atoms with Crippen LogP contribution in [0.4, 0.5) is 5.69 Å². The molecule has 168 valence electrons. The Bertz CT molecular complexity index is 1200. The van der Waals surface area contributed by atoms with E-state index < -0.39 is 10.0 Å². The van der Waals surface area contributed by atoms with Gasteiger partial charge in [-0.25, -0.2) is 8.42 Å². The number of amides is 1. The fourth-order valence-electron chi connectivity index (χ4n) is 3.36. The maximum atomic E-state index is 12.8. The summed E-state index contributed by atoms with van der Waals surface area (Å²) in [6.45, 7) is 10.2. The van der Waals surface area contributed by atoms with Crippen LogP contribution in [0.1, 0.15) is 60.8 Å². The zero-order valence-electron chi connectivity index (χ0n) is 19.1. The van der Waals surface area contributed by atoms with Crippen molar-refractivity contribution < 1.29 is 13.2 Å². The van der Waals surface area contributed by atoms with Gasteiger partial charge in [0.1, 0.15) is 0 Å². The van der Waals surface area contributed by atoms with Gasteiger partial charge < -0.3 is 5.32 Å². The SMILES string of the molecule is Cc1cc(C(=O)N[C@@H](C)c2ccc(C(C)(C)C)cc2)ccc1NS(=O)(=O)c1ccccc1. The molecule has 0 aliphatic rings. The van der Waals surface area contributed by atoms with Crippen LogP contribution in [0.3, 0.4) is 0 Å². The second-order valence-corrected chi connectivity index (χ2v) is 10.7. The Morgan fingerprint density at radius 1 is 0.906 bits per heavy atom. The summed E-state index contributed by atoms with van der Waals surface area (Å²) in [7, 11) is -3.69. The lowest BCUT2D eigenvalue weighted by molar-refractivity contribution is 0.0940. The Hall–Kier alpha value is -3.12. The molecule has 1 amide bonds. The van der Waals surface area contributed by atoms with Crippen molar-refractivity contribution in [3.63, 3.8) is 0 Å². The van der Waals surface area contributed by atoms with Gasteiger partial charge in [0.15, 0.2) is 0 Å². The maximum absolute atomic E-state index is 12.8. The van der Waals surface area contributed by atoms with Crippen LogP contribution in [0.25, 0.3) is 0 Å². The number of carbonyl (C=O) groups excluding carboxylic acids is 1. The monoisotopic (exact) mass is 450 g/mol. The topological polar surface area (TPSA) is 75.3 Å². The van der Waals surface area contributed by atoms with Crippen molar-refractivity contribution in [2.45, 2.75) is 51.0 Å². The van der Waals surface area contributed by atoms with Gasteiger partial charge in [0.2, 0.25) is 0 Å². The minimum atomic E-state index is -3.69. The second-order valence-electron chi connectivity index (χ2n) is 9.02. The molecular weight excluding hydrogens is 420 g/mol. The minimum absolute atomic E-state index is 0.0757. The molecule has 32 heavy (non-hydrogen) atoms. The third-order valence-corrected chi connectivity index (χ3v) is 6.79. The molecule has 0 fully saturated rings. The smallest absolute Gasteiger partial charge is 0.261 e. The molecule has 0 saturated heterocycles. The molecule has 0 aliphatic carbocycles. The zero-order valence-corrected chi connectivity index (χ0v) is 20.0. The van der Waals surface area contributed by atoms with Crippen LogP contribution in [-0.2, 0) is 15.4 Å². The molecule has 0 spiro atoms. The van der Waals surface area contributed by atoms with Gasteiger partial charge in [0, 0.05) is 5.56 Å². The van der Waals surface area contributed by atoms with Crippen molar-refractivity contribution in [2.75, 3.05) is 4.72 Å². The van der Waals surface area contributed by atoms with Crippen LogP contribution in [0.5, 0.6) is 0 Å². The van der Waals surface area contributed by atoms with E-state index >= 15 is 0 Å². The van der Waals surface area contributed by atoms with Crippen LogP contribution >= 0.6 is 0 Å². The molecule has 3 aromatic rings. The van der Waals surface area contributed by atoms with Gasteiger partial charge in [-0.15, -0.1) is 0 Å². The van der Waals surface area contributed by atoms with Crippen molar-refractivity contribution in [1.82, 2.24) is 5.32 Å². The van der Waals surface area contributed by atoms with Crippen LogP contribution in [0.15, 0.2) is 77.7 Å². The number of benzene rings is 3. The van der Waals surface area contributed by atoms with Crippen LogP contribution in [-0.4, -0.2) is 14.3 Å². The van der Waals surface area contributed by atoms with Crippen molar-refractivity contribution in [1.29, 1.82) is 0 Å². The van der Waals surface area contributed by atoms with E-state index in [0.29, 0.717) is 16.8 Å². The molecule has 0 bridgehead atoms. The minimum Gasteiger partial charge on any atom is -0.346 e. The average Bonchev–Trinajstić information content (AvgIpc) is 2.75. The maximum Gasteiger partial charge on any atom is 0.261 e. The van der Waals surface area contributed by atoms with Crippen molar-refractivity contribution in [2.24, 2.45) is 0 Å². The Morgan fingerprint density at radius 2 is 1.53 bits per heavy atom. The highest BCUT2D eigenvalue weighted by Crippen LogP contribution is 2.25. The molecule has 0 saturated carbocycles. The molecule has 0 heterocycles. The largest absolute Gasteiger partial charge is 0.346 e. The Balaban J connectivity index is 1.71. The lowest BCUT2D eigenvalue weighted by Crippen LogP contribution is -2.27. The highest BCUT2D eigenvalue weighted by atomic mass is 32.2. The van der Waals surface area contributed by atoms with Gasteiger partial charge in [0.05, 0.1) is 16.6 Å². The molecule has 2 N–H and O–H groups in total. The van der Waals surface area contributed by atoms with Gasteiger partial charge in [-0.2, -0.15) is 0 Å². The third-order valence-electron chi connectivity index (χ3n) is 5.41. The van der Waals surface area contributed by atoms with E-state index in [2.05, 4.69) is 42.9 Å². The molecule has 3 rings (SSSR count). The quantitative estimate of drug-likeness (QED) is 0.514. The number of nitrogens with one attached hydrogen (secondary N) is 2. The van der Waals surface area contributed by atoms with Gasteiger partial charge >= 0.3 is 0 Å². The Morgan fingerprint density at radius 3 is 2.09 bits per heavy atom. The molecule has 0 aromatic heterocycles. The lowest BCUT2D eigenvalue weighted by Gasteiger charge is -2.21. The van der Waals surface area contributed by atoms with Gasteiger partial charge in [-0.1, -0.05) is 63.2 Å². The number of anilines is 1. The number of sulfonamides is 1. The lowest BCUT2D eigenvalue weighted by atomic mass is 9.86. The van der Waals surface area contributed by atoms with Crippen molar-refractivity contribution >= 4 is 21.6 Å². The summed E-state index contributed by atoms with van der Waals surface area (Å²) in [6, 6.07) is 21.2. The zero-order chi connectivity index (χ0) is 23.5. The fraction of sp³-hybridized carbons (Fsp3) is 0.269. The molecule has 1 atom stereocenters. The second kappa shape index (κ2) is 9.17. The molecule has 3 aromatic carbocycles. The van der Waals surface area contributed by atoms with Gasteiger partial charge in [0.25, 0.3) is 15.9 Å². The molecule has 0 unspecified atom stereocenters. The first-order valence-corrected chi connectivity index (χ1v) is 12.1. The van der Waals surface area contributed by atoms with E-state index in [-0.39, 0.29) is 22.3 Å². The van der Waals surface area contributed by atoms with Crippen molar-refractivity contribution in [3.8, 4) is 0 Å². The predicted octanol–water partition coefficient (Wildman–Crippen LogP) is 5.58. The van der Waals surface area contributed by atoms with Crippen LogP contribution in [0, 0.1) is 6.92 Å². The van der Waals surface area contributed by atoms with Gasteiger partial charge in [-0.3, -0.25) is 9.52 Å². The normalized spacial score (nSPS) is 12.8. The summed E-state index contributed by atoms with van der Waals surface area (Å²) in [5, 5.41) is 3.01. The number of rotatable bonds is 6. The van der Waals surface area contributed by atoms with E-state index in [0.717, 1.165) is 5.56 Å². The molecule has 0 radical (unpaired) electrons. The Kier molecular flexibility index (Phi) is 6.74. The number of hydrogen-bond donors (Lipinski definition) is 2. The molecule has 5 nitrogen and oxygen atoms in total. The average molecular weight is 451 g/mol. The van der Waals surface area contributed by atoms with Crippen LogP contribution in [0.2, 0.25) is 0 Å². The summed E-state index contributed by atoms with van der Waals surface area (Å²) >= 11 is 0. The third kappa shape index (κ3) is 5.56. The summed E-state index contributed by atoms with van der Waals surface area (Å²) in [6.07, 6.45) is 0. The summed E-state index contributed by atoms with van der Waals surface area (Å²) in [5.41, 5.74) is 3.92. The fourth-order valence-corrected chi connectivity index (χ4v) is 4.51. The number of hydrogen-bond acceptors (Lipinski definition) is 3. The number of carbonyl (C=O) groups is 1. The first-order chi connectivity index (χ1) is 15.0. The first-order valence-electron chi connectivity index (χ1n) is 10.6. The molecule has 0 aliphatic heterocycles. The summed E-state index contributed by atoms with van der Waals surface area (Å²) in [5.74, 6) is -0.210. The van der Waals surface area contributed by atoms with E-state index in [1.54, 1.807) is 43.3 Å². The number of aryl methyl sites for hydroxylation is 1. The van der Waals surface area contributed by atoms with Crippen molar-refractivity contribution in [3.05, 3.63) is 95.1 Å².